The van der Waals surface area contributed by atoms with Crippen molar-refractivity contribution in [1.29, 1.82) is 0 Å². The first-order valence-corrected chi connectivity index (χ1v) is 6.61. The number of hydrogen-bond donors (Lipinski definition) is 2. The highest BCUT2D eigenvalue weighted by molar-refractivity contribution is 6.31. The second-order valence-corrected chi connectivity index (χ2v) is 5.38. The SMILES string of the molecule is CC(NC(=O)CC(O)C(C)C)c1ccc(F)cc1Cl. The number of halogens is 2. The van der Waals surface area contributed by atoms with Crippen molar-refractivity contribution in [1.82, 2.24) is 5.32 Å². The normalized spacial score (nSPS) is 14.3. The molecular formula is C14H19ClFNO2. The number of carbonyl (C=O) groups excluding carboxylic acids is 1. The Hall–Kier alpha value is -1.13. The molecule has 1 aromatic rings. The van der Waals surface area contributed by atoms with E-state index in [1.54, 1.807) is 13.0 Å². The van der Waals surface area contributed by atoms with Crippen molar-refractivity contribution in [3.63, 3.8) is 0 Å². The Labute approximate surface area is 117 Å². The molecule has 1 amide bonds. The van der Waals surface area contributed by atoms with Crippen molar-refractivity contribution in [2.75, 3.05) is 0 Å². The fraction of sp³-hybridized carbons (Fsp3) is 0.500. The molecule has 106 valence electrons. The van der Waals surface area contributed by atoms with E-state index >= 15 is 0 Å². The maximum absolute atomic E-state index is 12.9. The van der Waals surface area contributed by atoms with Gasteiger partial charge in [-0.15, -0.1) is 0 Å². The Morgan fingerprint density at radius 3 is 2.58 bits per heavy atom. The molecule has 0 heterocycles. The predicted octanol–water partition coefficient (Wildman–Crippen LogP) is 3.06. The molecule has 5 heteroatoms. The Bertz CT molecular complexity index is 451. The van der Waals surface area contributed by atoms with Gasteiger partial charge in [-0.25, -0.2) is 4.39 Å². The number of rotatable bonds is 5. The predicted molar refractivity (Wildman–Crippen MR) is 73.4 cm³/mol. The van der Waals surface area contributed by atoms with Crippen LogP contribution in [0.2, 0.25) is 5.02 Å². The molecule has 0 radical (unpaired) electrons. The lowest BCUT2D eigenvalue weighted by atomic mass is 10.0. The fourth-order valence-electron chi connectivity index (χ4n) is 1.66. The second-order valence-electron chi connectivity index (χ2n) is 4.97. The Kier molecular flexibility index (Phi) is 5.76. The third-order valence-electron chi connectivity index (χ3n) is 2.97. The molecule has 0 saturated carbocycles. The number of amides is 1. The van der Waals surface area contributed by atoms with Crippen molar-refractivity contribution in [2.24, 2.45) is 5.92 Å². The van der Waals surface area contributed by atoms with Gasteiger partial charge in [0.15, 0.2) is 0 Å². The summed E-state index contributed by atoms with van der Waals surface area (Å²) in [6.45, 7) is 5.45. The minimum atomic E-state index is -0.670. The van der Waals surface area contributed by atoms with Crippen LogP contribution >= 0.6 is 11.6 Å². The highest BCUT2D eigenvalue weighted by atomic mass is 35.5. The molecule has 0 bridgehead atoms. The van der Waals surface area contributed by atoms with Gasteiger partial charge in [-0.3, -0.25) is 4.79 Å². The maximum atomic E-state index is 12.9. The quantitative estimate of drug-likeness (QED) is 0.874. The van der Waals surface area contributed by atoms with Gasteiger partial charge in [0.1, 0.15) is 5.82 Å². The summed E-state index contributed by atoms with van der Waals surface area (Å²) < 4.78 is 12.9. The molecule has 0 spiro atoms. The molecule has 1 rings (SSSR count). The van der Waals surface area contributed by atoms with Crippen LogP contribution in [-0.2, 0) is 4.79 Å². The summed E-state index contributed by atoms with van der Waals surface area (Å²) in [5.74, 6) is -0.646. The average molecular weight is 288 g/mol. The summed E-state index contributed by atoms with van der Waals surface area (Å²) >= 11 is 5.92. The summed E-state index contributed by atoms with van der Waals surface area (Å²) in [5.41, 5.74) is 0.649. The number of aliphatic hydroxyl groups is 1. The van der Waals surface area contributed by atoms with E-state index < -0.39 is 11.9 Å². The number of carbonyl (C=O) groups is 1. The average Bonchev–Trinajstić information content (AvgIpc) is 2.27. The monoisotopic (exact) mass is 287 g/mol. The molecule has 0 aliphatic rings. The van der Waals surface area contributed by atoms with Gasteiger partial charge < -0.3 is 10.4 Å². The van der Waals surface area contributed by atoms with E-state index in [1.807, 2.05) is 13.8 Å². The minimum Gasteiger partial charge on any atom is -0.392 e. The zero-order chi connectivity index (χ0) is 14.6. The lowest BCUT2D eigenvalue weighted by Crippen LogP contribution is -2.31. The molecule has 2 N–H and O–H groups in total. The Morgan fingerprint density at radius 1 is 1.42 bits per heavy atom. The number of benzene rings is 1. The standard InChI is InChI=1S/C14H19ClFNO2/c1-8(2)13(18)7-14(19)17-9(3)11-5-4-10(16)6-12(11)15/h4-6,8-9,13,18H,7H2,1-3H3,(H,17,19). The Morgan fingerprint density at radius 2 is 2.05 bits per heavy atom. The first kappa shape index (κ1) is 15.9. The molecule has 2 atom stereocenters. The van der Waals surface area contributed by atoms with Crippen molar-refractivity contribution in [2.45, 2.75) is 39.3 Å². The first-order valence-electron chi connectivity index (χ1n) is 6.23. The van der Waals surface area contributed by atoms with Crippen LogP contribution in [0.15, 0.2) is 18.2 Å². The second kappa shape index (κ2) is 6.87. The molecule has 0 saturated heterocycles. The van der Waals surface area contributed by atoms with E-state index in [9.17, 15) is 14.3 Å². The van der Waals surface area contributed by atoms with E-state index in [-0.39, 0.29) is 29.3 Å². The highest BCUT2D eigenvalue weighted by Gasteiger charge is 2.17. The van der Waals surface area contributed by atoms with Crippen molar-refractivity contribution >= 4 is 17.5 Å². The van der Waals surface area contributed by atoms with Crippen molar-refractivity contribution in [3.8, 4) is 0 Å². The van der Waals surface area contributed by atoms with Gasteiger partial charge in [0.25, 0.3) is 0 Å². The molecule has 3 nitrogen and oxygen atoms in total. The highest BCUT2D eigenvalue weighted by Crippen LogP contribution is 2.23. The summed E-state index contributed by atoms with van der Waals surface area (Å²) in [4.78, 5) is 11.7. The number of nitrogens with one attached hydrogen (secondary N) is 1. The maximum Gasteiger partial charge on any atom is 0.223 e. The van der Waals surface area contributed by atoms with E-state index in [2.05, 4.69) is 5.32 Å². The van der Waals surface area contributed by atoms with Gasteiger partial charge in [0.05, 0.1) is 18.6 Å². The van der Waals surface area contributed by atoms with E-state index in [1.165, 1.54) is 12.1 Å². The summed E-state index contributed by atoms with van der Waals surface area (Å²) in [7, 11) is 0. The van der Waals surface area contributed by atoms with Gasteiger partial charge in [0, 0.05) is 5.02 Å². The van der Waals surface area contributed by atoms with Gasteiger partial charge in [0.2, 0.25) is 5.91 Å². The van der Waals surface area contributed by atoms with Gasteiger partial charge in [-0.1, -0.05) is 31.5 Å². The third-order valence-corrected chi connectivity index (χ3v) is 3.30. The van der Waals surface area contributed by atoms with Crippen LogP contribution in [0.1, 0.15) is 38.8 Å². The fourth-order valence-corrected chi connectivity index (χ4v) is 1.99. The van der Waals surface area contributed by atoms with Gasteiger partial charge in [-0.2, -0.15) is 0 Å². The first-order chi connectivity index (χ1) is 8.81. The van der Waals surface area contributed by atoms with Crippen LogP contribution in [0, 0.1) is 11.7 Å². The Balaban J connectivity index is 2.64. The third kappa shape index (κ3) is 4.80. The summed E-state index contributed by atoms with van der Waals surface area (Å²) in [6.07, 6.45) is -0.628. The summed E-state index contributed by atoms with van der Waals surface area (Å²) in [5, 5.41) is 12.6. The smallest absolute Gasteiger partial charge is 0.223 e. The van der Waals surface area contributed by atoms with Crippen molar-refractivity contribution < 1.29 is 14.3 Å². The largest absolute Gasteiger partial charge is 0.392 e. The lowest BCUT2D eigenvalue weighted by Gasteiger charge is -2.18. The van der Waals surface area contributed by atoms with Gasteiger partial charge >= 0.3 is 0 Å². The zero-order valence-electron chi connectivity index (χ0n) is 11.3. The molecule has 0 fully saturated rings. The lowest BCUT2D eigenvalue weighted by molar-refractivity contribution is -0.124. The molecule has 0 aliphatic carbocycles. The van der Waals surface area contributed by atoms with Crippen LogP contribution in [0.25, 0.3) is 0 Å². The van der Waals surface area contributed by atoms with Crippen LogP contribution in [-0.4, -0.2) is 17.1 Å². The van der Waals surface area contributed by atoms with Gasteiger partial charge in [-0.05, 0) is 30.5 Å². The topological polar surface area (TPSA) is 49.3 Å². The van der Waals surface area contributed by atoms with E-state index in [0.29, 0.717) is 5.56 Å². The van der Waals surface area contributed by atoms with Crippen LogP contribution in [0.3, 0.4) is 0 Å². The molecular weight excluding hydrogens is 269 g/mol. The number of hydrogen-bond acceptors (Lipinski definition) is 2. The number of aliphatic hydroxyl groups excluding tert-OH is 1. The van der Waals surface area contributed by atoms with E-state index in [0.717, 1.165) is 0 Å². The molecule has 2 unspecified atom stereocenters. The summed E-state index contributed by atoms with van der Waals surface area (Å²) in [6, 6.07) is 3.72. The molecule has 0 aromatic heterocycles. The molecule has 19 heavy (non-hydrogen) atoms. The zero-order valence-corrected chi connectivity index (χ0v) is 12.0. The molecule has 1 aromatic carbocycles. The van der Waals surface area contributed by atoms with Crippen molar-refractivity contribution in [3.05, 3.63) is 34.6 Å². The van der Waals surface area contributed by atoms with Crippen LogP contribution in [0.5, 0.6) is 0 Å². The van der Waals surface area contributed by atoms with Crippen LogP contribution in [0.4, 0.5) is 4.39 Å². The van der Waals surface area contributed by atoms with E-state index in [4.69, 9.17) is 11.6 Å². The molecule has 0 aliphatic heterocycles. The minimum absolute atomic E-state index is 0.0236. The van der Waals surface area contributed by atoms with Crippen LogP contribution < -0.4 is 5.32 Å².